The maximum Gasteiger partial charge on any atom is 0.256 e. The fourth-order valence-corrected chi connectivity index (χ4v) is 5.23. The quantitative estimate of drug-likeness (QED) is 0.494. The number of nitrogens with zero attached hydrogens (tertiary/aromatic N) is 4. The number of nitrogens with one attached hydrogen (secondary N) is 1. The van der Waals surface area contributed by atoms with Crippen molar-refractivity contribution in [3.05, 3.63) is 59.0 Å². The van der Waals surface area contributed by atoms with Crippen LogP contribution in [0, 0.1) is 0 Å². The molecular weight excluding hydrogens is 442 g/mol. The van der Waals surface area contributed by atoms with Gasteiger partial charge in [-0.15, -0.1) is 10.2 Å². The number of carbonyl (C=O) groups excluding carboxylic acids is 1. The molecule has 1 aliphatic heterocycles. The third-order valence-electron chi connectivity index (χ3n) is 4.55. The second-order valence-corrected chi connectivity index (χ2v) is 9.64. The van der Waals surface area contributed by atoms with Crippen LogP contribution in [0.2, 0.25) is 5.02 Å². The zero-order valence-electron chi connectivity index (χ0n) is 16.4. The van der Waals surface area contributed by atoms with Crippen LogP contribution in [0.5, 0.6) is 0 Å². The van der Waals surface area contributed by atoms with Gasteiger partial charge < -0.3 is 9.73 Å². The normalized spacial score (nSPS) is 17.1. The number of halogens is 1. The summed E-state index contributed by atoms with van der Waals surface area (Å²) in [5.74, 6) is 0.601. The Kier molecular flexibility index (Phi) is 6.40. The van der Waals surface area contributed by atoms with Crippen molar-refractivity contribution in [1.29, 1.82) is 0 Å². The zero-order valence-corrected chi connectivity index (χ0v) is 18.8. The molecule has 0 aliphatic carbocycles. The molecule has 1 N–H and O–H groups in total. The standard InChI is InChI=1S/C20H20ClN5O2S2/c1-3-22-19-23-24-20(30-19)29-12(2)18(27)26-16(17-5-4-10-28-17)11-15(25-26)13-6-8-14(21)9-7-13/h4-10,12,16H,3,11H2,1-2H3,(H,22,23). The number of anilines is 1. The van der Waals surface area contributed by atoms with Crippen LogP contribution in [0.3, 0.4) is 0 Å². The molecule has 30 heavy (non-hydrogen) atoms. The molecule has 0 fully saturated rings. The van der Waals surface area contributed by atoms with Crippen molar-refractivity contribution in [3.8, 4) is 0 Å². The predicted octanol–water partition coefficient (Wildman–Crippen LogP) is 5.07. The highest BCUT2D eigenvalue weighted by Crippen LogP contribution is 2.36. The molecule has 0 spiro atoms. The first kappa shape index (κ1) is 20.9. The van der Waals surface area contributed by atoms with Gasteiger partial charge in [0.1, 0.15) is 11.8 Å². The summed E-state index contributed by atoms with van der Waals surface area (Å²) in [4.78, 5) is 13.3. The number of amides is 1. The highest BCUT2D eigenvalue weighted by Gasteiger charge is 2.37. The molecule has 1 aliphatic rings. The summed E-state index contributed by atoms with van der Waals surface area (Å²) in [7, 11) is 0. The second kappa shape index (κ2) is 9.20. The number of aromatic nitrogens is 2. The van der Waals surface area contributed by atoms with Gasteiger partial charge in [-0.2, -0.15) is 5.10 Å². The number of hydrazone groups is 1. The maximum atomic E-state index is 13.3. The van der Waals surface area contributed by atoms with E-state index in [4.69, 9.17) is 16.0 Å². The van der Waals surface area contributed by atoms with Crippen LogP contribution in [0.1, 0.15) is 37.6 Å². The second-order valence-electron chi connectivity index (χ2n) is 6.64. The number of hydrogen-bond acceptors (Lipinski definition) is 8. The molecule has 1 amide bonds. The first-order chi connectivity index (χ1) is 14.5. The molecule has 0 radical (unpaired) electrons. The van der Waals surface area contributed by atoms with Crippen LogP contribution in [0.25, 0.3) is 0 Å². The van der Waals surface area contributed by atoms with E-state index in [0.717, 1.165) is 27.3 Å². The molecule has 1 aromatic carbocycles. The molecule has 3 aromatic rings. The summed E-state index contributed by atoms with van der Waals surface area (Å²) in [5, 5.41) is 18.6. The van der Waals surface area contributed by atoms with Crippen molar-refractivity contribution in [2.45, 2.75) is 35.9 Å². The Labute approximate surface area is 187 Å². The first-order valence-electron chi connectivity index (χ1n) is 9.49. The summed E-state index contributed by atoms with van der Waals surface area (Å²) < 4.78 is 6.34. The lowest BCUT2D eigenvalue weighted by atomic mass is 10.0. The van der Waals surface area contributed by atoms with Gasteiger partial charge in [-0.25, -0.2) is 5.01 Å². The molecule has 156 valence electrons. The van der Waals surface area contributed by atoms with Gasteiger partial charge in [-0.1, -0.05) is 46.8 Å². The van der Waals surface area contributed by atoms with E-state index in [2.05, 4.69) is 20.6 Å². The van der Waals surface area contributed by atoms with Gasteiger partial charge in [0.15, 0.2) is 4.34 Å². The molecule has 7 nitrogen and oxygen atoms in total. The number of thioether (sulfide) groups is 1. The Bertz CT molecular complexity index is 1040. The zero-order chi connectivity index (χ0) is 21.1. The van der Waals surface area contributed by atoms with Gasteiger partial charge in [0.05, 0.1) is 17.2 Å². The number of furan rings is 1. The van der Waals surface area contributed by atoms with Crippen LogP contribution in [-0.4, -0.2) is 38.6 Å². The van der Waals surface area contributed by atoms with E-state index in [9.17, 15) is 4.79 Å². The smallest absolute Gasteiger partial charge is 0.256 e. The van der Waals surface area contributed by atoms with E-state index in [1.54, 1.807) is 6.26 Å². The van der Waals surface area contributed by atoms with Crippen molar-refractivity contribution in [3.63, 3.8) is 0 Å². The van der Waals surface area contributed by atoms with E-state index >= 15 is 0 Å². The van der Waals surface area contributed by atoms with Gasteiger partial charge >= 0.3 is 0 Å². The number of rotatable bonds is 7. The average Bonchev–Trinajstić information content (AvgIpc) is 3.49. The minimum atomic E-state index is -0.377. The fraction of sp³-hybridized carbons (Fsp3) is 0.300. The van der Waals surface area contributed by atoms with Gasteiger partial charge in [-0.3, -0.25) is 4.79 Å². The number of benzene rings is 1. The number of hydrogen-bond donors (Lipinski definition) is 1. The van der Waals surface area contributed by atoms with E-state index in [1.807, 2.05) is 50.2 Å². The van der Waals surface area contributed by atoms with Crippen LogP contribution >= 0.6 is 34.7 Å². The van der Waals surface area contributed by atoms with Crippen molar-refractivity contribution in [1.82, 2.24) is 15.2 Å². The van der Waals surface area contributed by atoms with Crippen LogP contribution < -0.4 is 5.32 Å². The first-order valence-corrected chi connectivity index (χ1v) is 11.6. The van der Waals surface area contributed by atoms with Gasteiger partial charge in [0, 0.05) is 18.0 Å². The summed E-state index contributed by atoms with van der Waals surface area (Å²) in [6.45, 7) is 4.63. The molecular formula is C20H20ClN5O2S2. The van der Waals surface area contributed by atoms with E-state index in [-0.39, 0.29) is 17.2 Å². The summed E-state index contributed by atoms with van der Waals surface area (Å²) >= 11 is 8.83. The Morgan fingerprint density at radius 1 is 1.37 bits per heavy atom. The third-order valence-corrected chi connectivity index (χ3v) is 6.85. The van der Waals surface area contributed by atoms with Gasteiger partial charge in [0.25, 0.3) is 5.91 Å². The highest BCUT2D eigenvalue weighted by molar-refractivity contribution is 8.02. The molecule has 2 unspecified atom stereocenters. The lowest BCUT2D eigenvalue weighted by Crippen LogP contribution is -2.33. The Morgan fingerprint density at radius 3 is 2.87 bits per heavy atom. The largest absolute Gasteiger partial charge is 0.467 e. The van der Waals surface area contributed by atoms with Crippen molar-refractivity contribution in [2.24, 2.45) is 5.10 Å². The Morgan fingerprint density at radius 2 is 2.17 bits per heavy atom. The average molecular weight is 462 g/mol. The number of carbonyl (C=O) groups is 1. The van der Waals surface area contributed by atoms with E-state index in [0.29, 0.717) is 17.2 Å². The molecule has 2 aromatic heterocycles. The van der Waals surface area contributed by atoms with Crippen molar-refractivity contribution >= 4 is 51.5 Å². The molecule has 0 saturated carbocycles. The molecule has 10 heteroatoms. The van der Waals surface area contributed by atoms with Gasteiger partial charge in [-0.05, 0) is 43.7 Å². The third kappa shape index (κ3) is 4.53. The summed E-state index contributed by atoms with van der Waals surface area (Å²) in [5.41, 5.74) is 1.76. The van der Waals surface area contributed by atoms with Crippen LogP contribution in [0.4, 0.5) is 5.13 Å². The topological polar surface area (TPSA) is 83.6 Å². The minimum Gasteiger partial charge on any atom is -0.467 e. The lowest BCUT2D eigenvalue weighted by molar-refractivity contribution is -0.132. The highest BCUT2D eigenvalue weighted by atomic mass is 35.5. The van der Waals surface area contributed by atoms with E-state index < -0.39 is 0 Å². The van der Waals surface area contributed by atoms with E-state index in [1.165, 1.54) is 28.1 Å². The summed E-state index contributed by atoms with van der Waals surface area (Å²) in [6.07, 6.45) is 2.18. The maximum absolute atomic E-state index is 13.3. The monoisotopic (exact) mass is 461 g/mol. The van der Waals surface area contributed by atoms with Crippen LogP contribution in [-0.2, 0) is 4.79 Å². The Balaban J connectivity index is 1.55. The minimum absolute atomic E-state index is 0.106. The SMILES string of the molecule is CCNc1nnc(SC(C)C(=O)N2N=C(c3ccc(Cl)cc3)CC2c2ccco2)s1. The predicted molar refractivity (Wildman–Crippen MR) is 120 cm³/mol. The van der Waals surface area contributed by atoms with Crippen molar-refractivity contribution < 1.29 is 9.21 Å². The molecule has 2 atom stereocenters. The molecule has 3 heterocycles. The lowest BCUT2D eigenvalue weighted by Gasteiger charge is -2.22. The Hall–Kier alpha value is -2.36. The summed E-state index contributed by atoms with van der Waals surface area (Å²) in [6, 6.07) is 10.9. The molecule has 0 saturated heterocycles. The van der Waals surface area contributed by atoms with Crippen molar-refractivity contribution in [2.75, 3.05) is 11.9 Å². The van der Waals surface area contributed by atoms with Gasteiger partial charge in [0.2, 0.25) is 5.13 Å². The fourth-order valence-electron chi connectivity index (χ4n) is 3.10. The van der Waals surface area contributed by atoms with Crippen LogP contribution in [0.15, 0.2) is 56.5 Å². The molecule has 4 rings (SSSR count). The molecule has 0 bridgehead atoms.